The first-order chi connectivity index (χ1) is 12.3. The Bertz CT molecular complexity index is 744. The quantitative estimate of drug-likeness (QED) is 0.543. The van der Waals surface area contributed by atoms with Gasteiger partial charge in [-0.1, -0.05) is 60.6 Å². The van der Waals surface area contributed by atoms with Crippen molar-refractivity contribution in [2.45, 2.75) is 54.4 Å². The Kier molecular flexibility index (Phi) is 6.18. The third kappa shape index (κ3) is 4.53. The van der Waals surface area contributed by atoms with Crippen molar-refractivity contribution < 1.29 is 9.47 Å². The molecule has 0 spiro atoms. The summed E-state index contributed by atoms with van der Waals surface area (Å²) in [5, 5.41) is 0. The summed E-state index contributed by atoms with van der Waals surface area (Å²) in [6, 6.07) is 15.5. The third-order valence-electron chi connectivity index (χ3n) is 5.04. The maximum Gasteiger partial charge on any atom is 0.0972 e. The molecule has 140 valence electrons. The van der Waals surface area contributed by atoms with Gasteiger partial charge in [0.2, 0.25) is 0 Å². The van der Waals surface area contributed by atoms with E-state index in [1.54, 1.807) is 11.8 Å². The molecular weight excluding hydrogens is 408 g/mol. The topological polar surface area (TPSA) is 18.5 Å². The molecule has 0 bridgehead atoms. The van der Waals surface area contributed by atoms with Gasteiger partial charge in [-0.2, -0.15) is 0 Å². The zero-order valence-corrected chi connectivity index (χ0v) is 18.4. The Morgan fingerprint density at radius 2 is 1.65 bits per heavy atom. The first-order valence-electron chi connectivity index (χ1n) is 9.05. The number of ether oxygens (including phenoxy) is 2. The Morgan fingerprint density at radius 3 is 2.23 bits per heavy atom. The summed E-state index contributed by atoms with van der Waals surface area (Å²) in [5.74, 6) is 0. The van der Waals surface area contributed by atoms with E-state index in [9.17, 15) is 0 Å². The van der Waals surface area contributed by atoms with Gasteiger partial charge in [-0.25, -0.2) is 0 Å². The van der Waals surface area contributed by atoms with Gasteiger partial charge in [-0.05, 0) is 46.9 Å². The van der Waals surface area contributed by atoms with Crippen LogP contribution in [-0.2, 0) is 20.5 Å². The molecule has 2 aromatic rings. The van der Waals surface area contributed by atoms with E-state index < -0.39 is 0 Å². The summed E-state index contributed by atoms with van der Waals surface area (Å²) in [6.07, 6.45) is 1.79. The molecule has 0 atom stereocenters. The minimum Gasteiger partial charge on any atom is -0.381 e. The monoisotopic (exact) mass is 434 g/mol. The largest absolute Gasteiger partial charge is 0.381 e. The fourth-order valence-corrected chi connectivity index (χ4v) is 4.92. The van der Waals surface area contributed by atoms with Crippen molar-refractivity contribution in [1.82, 2.24) is 0 Å². The van der Waals surface area contributed by atoms with Crippen LogP contribution < -0.4 is 0 Å². The van der Waals surface area contributed by atoms with Gasteiger partial charge in [0, 0.05) is 47.4 Å². The van der Waals surface area contributed by atoms with Crippen molar-refractivity contribution in [2.24, 2.45) is 0 Å². The second-order valence-corrected chi connectivity index (χ2v) is 9.93. The van der Waals surface area contributed by atoms with Crippen LogP contribution in [0, 0.1) is 0 Å². The van der Waals surface area contributed by atoms with Crippen LogP contribution in [-0.4, -0.2) is 20.3 Å². The lowest BCUT2D eigenvalue weighted by Gasteiger charge is -2.36. The lowest BCUT2D eigenvalue weighted by Crippen LogP contribution is -2.35. The van der Waals surface area contributed by atoms with E-state index in [-0.39, 0.29) is 11.0 Å². The summed E-state index contributed by atoms with van der Waals surface area (Å²) >= 11 is 5.48. The van der Waals surface area contributed by atoms with Crippen LogP contribution in [0.15, 0.2) is 56.7 Å². The molecule has 0 N–H and O–H groups in total. The van der Waals surface area contributed by atoms with Gasteiger partial charge in [0.05, 0.1) is 5.60 Å². The van der Waals surface area contributed by atoms with Crippen LogP contribution in [0.1, 0.15) is 44.7 Å². The lowest BCUT2D eigenvalue weighted by molar-refractivity contribution is -0.0949. The molecule has 0 amide bonds. The minimum atomic E-state index is -0.243. The van der Waals surface area contributed by atoms with Crippen molar-refractivity contribution in [1.29, 1.82) is 0 Å². The van der Waals surface area contributed by atoms with Gasteiger partial charge in [0.15, 0.2) is 0 Å². The van der Waals surface area contributed by atoms with Crippen molar-refractivity contribution in [3.63, 3.8) is 0 Å². The Balaban J connectivity index is 1.86. The molecule has 1 saturated heterocycles. The van der Waals surface area contributed by atoms with Gasteiger partial charge in [0.1, 0.15) is 0 Å². The summed E-state index contributed by atoms with van der Waals surface area (Å²) in [6.45, 7) is 8.23. The van der Waals surface area contributed by atoms with E-state index in [2.05, 4.69) is 79.2 Å². The normalized spacial score (nSPS) is 17.3. The van der Waals surface area contributed by atoms with Crippen molar-refractivity contribution in [2.75, 3.05) is 20.3 Å². The summed E-state index contributed by atoms with van der Waals surface area (Å²) in [4.78, 5) is 2.47. The first kappa shape index (κ1) is 19.9. The molecule has 0 aromatic heterocycles. The zero-order valence-electron chi connectivity index (χ0n) is 16.0. The molecule has 1 aliphatic heterocycles. The molecule has 0 aliphatic carbocycles. The fourth-order valence-electron chi connectivity index (χ4n) is 3.36. The van der Waals surface area contributed by atoms with Crippen molar-refractivity contribution in [3.8, 4) is 0 Å². The van der Waals surface area contributed by atoms with E-state index in [4.69, 9.17) is 9.47 Å². The molecule has 0 unspecified atom stereocenters. The van der Waals surface area contributed by atoms with Crippen LogP contribution in [0.3, 0.4) is 0 Å². The van der Waals surface area contributed by atoms with Crippen molar-refractivity contribution >= 4 is 27.7 Å². The summed E-state index contributed by atoms with van der Waals surface area (Å²) < 4.78 is 12.6. The number of hydrogen-bond donors (Lipinski definition) is 0. The van der Waals surface area contributed by atoms with E-state index in [0.717, 1.165) is 30.5 Å². The Morgan fingerprint density at radius 1 is 1.00 bits per heavy atom. The predicted octanol–water partition coefficient (Wildman–Crippen LogP) is 6.55. The second kappa shape index (κ2) is 8.05. The van der Waals surface area contributed by atoms with Gasteiger partial charge >= 0.3 is 0 Å². The van der Waals surface area contributed by atoms with Gasteiger partial charge in [0.25, 0.3) is 0 Å². The molecule has 2 nitrogen and oxygen atoms in total. The molecule has 0 saturated carbocycles. The molecule has 3 rings (SSSR count). The molecule has 26 heavy (non-hydrogen) atoms. The first-order valence-corrected chi connectivity index (χ1v) is 10.7. The highest BCUT2D eigenvalue weighted by atomic mass is 79.9. The molecular formula is C22H27BrO2S. The predicted molar refractivity (Wildman–Crippen MR) is 112 cm³/mol. The average molecular weight is 435 g/mol. The summed E-state index contributed by atoms with van der Waals surface area (Å²) in [5.41, 5.74) is 2.52. The summed E-state index contributed by atoms with van der Waals surface area (Å²) in [7, 11) is 1.81. The Hall–Kier alpha value is -0.810. The van der Waals surface area contributed by atoms with Crippen LogP contribution in [0.4, 0.5) is 0 Å². The second-order valence-electron chi connectivity index (χ2n) is 7.86. The molecule has 1 fully saturated rings. The molecule has 0 radical (unpaired) electrons. The molecule has 1 heterocycles. The average Bonchev–Trinajstić information content (AvgIpc) is 2.61. The molecule has 4 heteroatoms. The van der Waals surface area contributed by atoms with E-state index in [1.807, 2.05) is 7.11 Å². The Labute approximate surface area is 169 Å². The molecule has 1 aliphatic rings. The highest BCUT2D eigenvalue weighted by Crippen LogP contribution is 2.40. The third-order valence-corrected chi connectivity index (χ3v) is 6.48. The number of benzene rings is 2. The fraction of sp³-hybridized carbons (Fsp3) is 0.455. The SMILES string of the molecule is COC1(c2cc(Br)cc(Sc3ccc(C(C)(C)C)cc3)c2)CCOCC1. The highest BCUT2D eigenvalue weighted by Gasteiger charge is 2.34. The van der Waals surface area contributed by atoms with Crippen molar-refractivity contribution in [3.05, 3.63) is 58.1 Å². The number of rotatable bonds is 4. The zero-order chi connectivity index (χ0) is 18.8. The van der Waals surface area contributed by atoms with Crippen LogP contribution in [0.2, 0.25) is 0 Å². The molecule has 2 aromatic carbocycles. The van der Waals surface area contributed by atoms with Crippen LogP contribution in [0.25, 0.3) is 0 Å². The highest BCUT2D eigenvalue weighted by molar-refractivity contribution is 9.10. The van der Waals surface area contributed by atoms with E-state index >= 15 is 0 Å². The van der Waals surface area contributed by atoms with Crippen LogP contribution >= 0.6 is 27.7 Å². The van der Waals surface area contributed by atoms with Gasteiger partial charge in [-0.3, -0.25) is 0 Å². The van der Waals surface area contributed by atoms with E-state index in [0.29, 0.717) is 0 Å². The smallest absolute Gasteiger partial charge is 0.0972 e. The number of hydrogen-bond acceptors (Lipinski definition) is 3. The van der Waals surface area contributed by atoms with Gasteiger partial charge in [-0.15, -0.1) is 0 Å². The maximum atomic E-state index is 5.97. The minimum absolute atomic E-state index is 0.181. The number of halogens is 1. The van der Waals surface area contributed by atoms with E-state index in [1.165, 1.54) is 20.9 Å². The van der Waals surface area contributed by atoms with Gasteiger partial charge < -0.3 is 9.47 Å². The standard InChI is InChI=1S/C22H27BrO2S/c1-21(2,3)16-5-7-19(8-6-16)26-20-14-17(13-18(23)15-20)22(24-4)9-11-25-12-10-22/h5-8,13-15H,9-12H2,1-4H3. The van der Waals surface area contributed by atoms with Crippen LogP contribution in [0.5, 0.6) is 0 Å². The maximum absolute atomic E-state index is 5.97. The lowest BCUT2D eigenvalue weighted by atomic mass is 9.86. The number of methoxy groups -OCH3 is 1.